The molecule has 10 nitrogen and oxygen atoms in total. The molecule has 1 aliphatic carbocycles. The molecule has 2 fully saturated rings. The molecule has 11 heteroatoms. The highest BCUT2D eigenvalue weighted by atomic mass is 32.1. The van der Waals surface area contributed by atoms with Crippen LogP contribution in [0.1, 0.15) is 53.3 Å². The van der Waals surface area contributed by atoms with Gasteiger partial charge >= 0.3 is 0 Å². The van der Waals surface area contributed by atoms with E-state index < -0.39 is 17.4 Å². The van der Waals surface area contributed by atoms with E-state index in [9.17, 15) is 14.4 Å². The summed E-state index contributed by atoms with van der Waals surface area (Å²) in [6.07, 6.45) is 4.29. The number of para-hydroxylation sites is 1. The fourth-order valence-corrected chi connectivity index (χ4v) is 7.49. The normalized spacial score (nSPS) is 23.3. The number of ether oxygens (including phenoxy) is 3. The van der Waals surface area contributed by atoms with Crippen molar-refractivity contribution in [3.63, 3.8) is 0 Å². The summed E-state index contributed by atoms with van der Waals surface area (Å²) in [5, 5.41) is 3.21. The van der Waals surface area contributed by atoms with Crippen molar-refractivity contribution in [2.75, 3.05) is 38.8 Å². The van der Waals surface area contributed by atoms with Crippen LogP contribution in [0.25, 0.3) is 10.8 Å². The highest BCUT2D eigenvalue weighted by Gasteiger charge is 2.62. The molecular weight excluding hydrogens is 546 g/mol. The summed E-state index contributed by atoms with van der Waals surface area (Å²) >= 11 is 1.32. The number of Topliss-reactive ketones (excluding diaryl/α,β-unsaturated/α-hetero) is 1. The number of ketones is 1. The van der Waals surface area contributed by atoms with Crippen LogP contribution in [0, 0.1) is 18.3 Å². The zero-order chi connectivity index (χ0) is 28.7. The van der Waals surface area contributed by atoms with Gasteiger partial charge in [-0.05, 0) is 44.2 Å². The Labute approximate surface area is 242 Å². The first kappa shape index (κ1) is 27.6. The first-order chi connectivity index (χ1) is 19.9. The molecule has 2 amide bonds. The number of nitrogens with one attached hydrogen (secondary N) is 1. The lowest BCUT2D eigenvalue weighted by Gasteiger charge is -2.49. The number of rotatable bonds is 8. The molecular formula is C30H33N3O7S. The van der Waals surface area contributed by atoms with Crippen LogP contribution in [0.15, 0.2) is 41.1 Å². The van der Waals surface area contributed by atoms with Gasteiger partial charge in [-0.2, -0.15) is 0 Å². The maximum atomic E-state index is 14.4. The molecule has 1 N–H and O–H groups in total. The number of hydrogen-bond acceptors (Lipinski definition) is 9. The van der Waals surface area contributed by atoms with Crippen molar-refractivity contribution in [2.45, 2.75) is 44.8 Å². The van der Waals surface area contributed by atoms with Gasteiger partial charge in [-0.3, -0.25) is 19.3 Å². The van der Waals surface area contributed by atoms with Gasteiger partial charge in [0, 0.05) is 31.7 Å². The first-order valence-electron chi connectivity index (χ1n) is 13.9. The molecule has 0 unspecified atom stereocenters. The summed E-state index contributed by atoms with van der Waals surface area (Å²) in [4.78, 5) is 47.7. The monoisotopic (exact) mass is 579 g/mol. The molecule has 41 heavy (non-hydrogen) atoms. The molecule has 6 rings (SSSR count). The smallest absolute Gasteiger partial charge is 0.241 e. The fourth-order valence-electron chi connectivity index (χ4n) is 6.24. The lowest BCUT2D eigenvalue weighted by molar-refractivity contribution is -0.140. The first-order valence-corrected chi connectivity index (χ1v) is 14.7. The molecule has 0 radical (unpaired) electrons. The van der Waals surface area contributed by atoms with Gasteiger partial charge in [0.05, 0.1) is 36.4 Å². The third-order valence-corrected chi connectivity index (χ3v) is 9.79. The van der Waals surface area contributed by atoms with Gasteiger partial charge in [-0.1, -0.05) is 18.2 Å². The van der Waals surface area contributed by atoms with Gasteiger partial charge in [0.25, 0.3) is 0 Å². The number of benzene rings is 1. The van der Waals surface area contributed by atoms with Gasteiger partial charge in [0.15, 0.2) is 5.78 Å². The van der Waals surface area contributed by atoms with E-state index >= 15 is 0 Å². The van der Waals surface area contributed by atoms with Crippen molar-refractivity contribution in [3.8, 4) is 16.5 Å². The van der Waals surface area contributed by atoms with Crippen molar-refractivity contribution >= 4 is 33.9 Å². The Balaban J connectivity index is 1.44. The summed E-state index contributed by atoms with van der Waals surface area (Å²) in [7, 11) is 3.18. The van der Waals surface area contributed by atoms with Crippen LogP contribution in [0.3, 0.4) is 0 Å². The van der Waals surface area contributed by atoms with E-state index in [-0.39, 0.29) is 43.1 Å². The number of methoxy groups -OCH3 is 1. The molecule has 2 aliphatic heterocycles. The van der Waals surface area contributed by atoms with E-state index in [1.54, 1.807) is 25.3 Å². The van der Waals surface area contributed by atoms with Crippen LogP contribution < -0.4 is 15.0 Å². The number of carbonyl (C=O) groups is 3. The number of nitrogens with zero attached hydrogens (tertiary/aromatic N) is 2. The molecule has 2 aromatic heterocycles. The molecule has 1 saturated carbocycles. The third-order valence-electron chi connectivity index (χ3n) is 8.48. The van der Waals surface area contributed by atoms with E-state index in [0.29, 0.717) is 40.3 Å². The molecule has 1 saturated heterocycles. The van der Waals surface area contributed by atoms with Crippen LogP contribution in [0.5, 0.6) is 5.75 Å². The second kappa shape index (κ2) is 11.0. The number of hydrogen-bond donors (Lipinski definition) is 1. The van der Waals surface area contributed by atoms with Gasteiger partial charge in [-0.25, -0.2) is 4.98 Å². The van der Waals surface area contributed by atoms with E-state index in [0.717, 1.165) is 24.0 Å². The van der Waals surface area contributed by atoms with Crippen molar-refractivity contribution in [1.29, 1.82) is 0 Å². The van der Waals surface area contributed by atoms with Gasteiger partial charge in [-0.15, -0.1) is 11.3 Å². The minimum Gasteiger partial charge on any atom is -0.496 e. The lowest BCUT2D eigenvalue weighted by atomic mass is 9.56. The molecule has 4 heterocycles. The van der Waals surface area contributed by atoms with Crippen LogP contribution in [0.2, 0.25) is 0 Å². The average molecular weight is 580 g/mol. The lowest BCUT2D eigenvalue weighted by Crippen LogP contribution is -2.61. The number of thiophene rings is 1. The van der Waals surface area contributed by atoms with Crippen LogP contribution in [-0.4, -0.2) is 62.6 Å². The largest absolute Gasteiger partial charge is 0.496 e. The maximum Gasteiger partial charge on any atom is 0.241 e. The zero-order valence-corrected chi connectivity index (χ0v) is 24.1. The fraction of sp³-hybridized carbons (Fsp3) is 0.467. The molecule has 1 spiro atoms. The molecule has 1 atom stereocenters. The van der Waals surface area contributed by atoms with Crippen LogP contribution >= 0.6 is 11.3 Å². The Morgan fingerprint density at radius 2 is 2.00 bits per heavy atom. The quantitative estimate of drug-likeness (QED) is 0.392. The van der Waals surface area contributed by atoms with Crippen molar-refractivity contribution in [2.24, 2.45) is 11.3 Å². The molecule has 3 aromatic rings. The molecule has 1 aromatic carbocycles. The summed E-state index contributed by atoms with van der Waals surface area (Å²) in [6.45, 7) is 3.25. The van der Waals surface area contributed by atoms with Crippen LogP contribution in [0.4, 0.5) is 5.00 Å². The summed E-state index contributed by atoms with van der Waals surface area (Å²) < 4.78 is 23.5. The predicted molar refractivity (Wildman–Crippen MR) is 151 cm³/mol. The number of amides is 2. The maximum absolute atomic E-state index is 14.4. The van der Waals surface area contributed by atoms with Gasteiger partial charge in [0.1, 0.15) is 28.5 Å². The van der Waals surface area contributed by atoms with Gasteiger partial charge in [0.2, 0.25) is 17.7 Å². The van der Waals surface area contributed by atoms with E-state index in [1.165, 1.54) is 17.6 Å². The zero-order valence-electron chi connectivity index (χ0n) is 23.3. The predicted octanol–water partition coefficient (Wildman–Crippen LogP) is 4.33. The van der Waals surface area contributed by atoms with E-state index in [4.69, 9.17) is 18.6 Å². The second-order valence-electron chi connectivity index (χ2n) is 10.8. The Bertz CT molecular complexity index is 1450. The number of carbonyl (C=O) groups excluding carboxylic acids is 3. The minimum absolute atomic E-state index is 0.0529. The van der Waals surface area contributed by atoms with Crippen molar-refractivity contribution in [1.82, 2.24) is 10.3 Å². The highest BCUT2D eigenvalue weighted by molar-refractivity contribution is 7.20. The average Bonchev–Trinajstić information content (AvgIpc) is 3.62. The van der Waals surface area contributed by atoms with Gasteiger partial charge < -0.3 is 23.9 Å². The third kappa shape index (κ3) is 4.65. The summed E-state index contributed by atoms with van der Waals surface area (Å²) in [6, 6.07) is 7.63. The number of oxazole rings is 1. The molecule has 216 valence electrons. The summed E-state index contributed by atoms with van der Waals surface area (Å²) in [5.41, 5.74) is 0.730. The number of fused-ring (bicyclic) bond motifs is 1. The Morgan fingerprint density at radius 3 is 2.68 bits per heavy atom. The van der Waals surface area contributed by atoms with Crippen LogP contribution in [-0.2, 0) is 19.1 Å². The Hall–Kier alpha value is -3.54. The Morgan fingerprint density at radius 1 is 1.24 bits per heavy atom. The Kier molecular flexibility index (Phi) is 7.43. The molecule has 0 bridgehead atoms. The highest BCUT2D eigenvalue weighted by Crippen LogP contribution is 2.57. The standard InChI is InChI=1S/C30H33N3O7S/c1-17-23-25(34)30(14-18(15-30)26(35)31-2)29(36)33(28(23)41-24(17)27-32-10-13-39-27)16-22(40-19-8-11-38-12-9-19)20-6-4-5-7-21(20)37-3/h4-7,10,13,18-19,22H,8-9,11-12,14-16H2,1-3H3,(H,31,35)/t18?,22-,30?/m0/s1. The SMILES string of the molecule is CNC(=O)C1CC2(C1)C(=O)c1c(sc(-c3ncco3)c1C)N(C[C@H](OC1CCOCC1)c1ccccc1OC)C2=O. The minimum atomic E-state index is -1.30. The number of aromatic nitrogens is 1. The van der Waals surface area contributed by atoms with E-state index in [2.05, 4.69) is 10.3 Å². The van der Waals surface area contributed by atoms with E-state index in [1.807, 2.05) is 31.2 Å². The second-order valence-corrected chi connectivity index (χ2v) is 11.8. The molecule has 3 aliphatic rings. The number of anilines is 1. The topological polar surface area (TPSA) is 120 Å². The van der Waals surface area contributed by atoms with Crippen molar-refractivity contribution in [3.05, 3.63) is 53.4 Å². The summed E-state index contributed by atoms with van der Waals surface area (Å²) in [5.74, 6) is -0.0415. The van der Waals surface area contributed by atoms with Crippen molar-refractivity contribution < 1.29 is 33.0 Å².